The molecule has 94 valence electrons. The second-order valence-electron chi connectivity index (χ2n) is 4.50. The van der Waals surface area contributed by atoms with Crippen molar-refractivity contribution in [1.29, 1.82) is 5.26 Å². The largest absolute Gasteiger partial charge is 0.309 e. The third kappa shape index (κ3) is 8.47. The molecule has 2 heteroatoms. The third-order valence-corrected chi connectivity index (χ3v) is 2.83. The van der Waals surface area contributed by atoms with E-state index in [-0.39, 0.29) is 0 Å². The molecular weight excluding hydrogens is 208 g/mol. The van der Waals surface area contributed by atoms with Crippen LogP contribution in [0.3, 0.4) is 0 Å². The van der Waals surface area contributed by atoms with Crippen molar-refractivity contribution in [2.24, 2.45) is 5.92 Å². The quantitative estimate of drug-likeness (QED) is 0.473. The van der Waals surface area contributed by atoms with E-state index >= 15 is 0 Å². The van der Waals surface area contributed by atoms with Crippen LogP contribution < -0.4 is 0 Å². The summed E-state index contributed by atoms with van der Waals surface area (Å²) in [4.78, 5) is 2.22. The zero-order chi connectivity index (χ0) is 13.1. The summed E-state index contributed by atoms with van der Waals surface area (Å²) in [5.41, 5.74) is 1.21. The first-order chi connectivity index (χ1) is 8.13. The average Bonchev–Trinajstić information content (AvgIpc) is 2.32. The highest BCUT2D eigenvalue weighted by atomic mass is 15.0. The Bertz CT molecular complexity index is 305. The van der Waals surface area contributed by atoms with Gasteiger partial charge in [-0.25, -0.2) is 0 Å². The fourth-order valence-corrected chi connectivity index (χ4v) is 1.66. The van der Waals surface area contributed by atoms with Crippen molar-refractivity contribution in [3.8, 4) is 6.07 Å². The van der Waals surface area contributed by atoms with Gasteiger partial charge in [0.1, 0.15) is 0 Å². The molecule has 0 radical (unpaired) electrons. The van der Waals surface area contributed by atoms with Gasteiger partial charge in [0.25, 0.3) is 0 Å². The monoisotopic (exact) mass is 232 g/mol. The Morgan fingerprint density at radius 1 is 1.47 bits per heavy atom. The van der Waals surface area contributed by atoms with Gasteiger partial charge >= 0.3 is 0 Å². The van der Waals surface area contributed by atoms with Crippen LogP contribution in [-0.2, 0) is 0 Å². The Labute approximate surface area is 106 Å². The van der Waals surface area contributed by atoms with Gasteiger partial charge in [0, 0.05) is 6.08 Å². The lowest BCUT2D eigenvalue weighted by molar-refractivity contribution is 0.344. The molecule has 0 aromatic heterocycles. The predicted molar refractivity (Wildman–Crippen MR) is 74.6 cm³/mol. The number of hydrogen-bond acceptors (Lipinski definition) is 2. The first-order valence-electron chi connectivity index (χ1n) is 6.16. The lowest BCUT2D eigenvalue weighted by Crippen LogP contribution is -2.16. The number of nitriles is 1. The summed E-state index contributed by atoms with van der Waals surface area (Å²) in [7, 11) is 4.21. The van der Waals surface area contributed by atoms with E-state index in [9.17, 15) is 0 Å². The molecule has 0 N–H and O–H groups in total. The minimum absolute atomic E-state index is 0.692. The molecule has 0 aliphatic rings. The smallest absolute Gasteiger partial charge is 0.0912 e. The standard InChI is InChI=1S/C15H24N2/c1-5-14(9-7-8-11-16)13-15(6-2)10-12-17(3)4/h5,7-9,15H,1,6,10,12-13H2,2-4H3/b8-7+,14-9+. The molecule has 0 fully saturated rings. The van der Waals surface area contributed by atoms with E-state index in [4.69, 9.17) is 5.26 Å². The summed E-state index contributed by atoms with van der Waals surface area (Å²) in [5, 5.41) is 8.43. The lowest BCUT2D eigenvalue weighted by atomic mass is 9.93. The van der Waals surface area contributed by atoms with Crippen LogP contribution in [0.5, 0.6) is 0 Å². The molecule has 0 aliphatic heterocycles. The second-order valence-corrected chi connectivity index (χ2v) is 4.50. The van der Waals surface area contributed by atoms with Crippen LogP contribution in [0.15, 0.2) is 36.5 Å². The van der Waals surface area contributed by atoms with E-state index in [0.717, 1.165) is 13.0 Å². The van der Waals surface area contributed by atoms with E-state index < -0.39 is 0 Å². The maximum atomic E-state index is 8.43. The molecule has 0 aromatic carbocycles. The van der Waals surface area contributed by atoms with Crippen molar-refractivity contribution < 1.29 is 0 Å². The maximum Gasteiger partial charge on any atom is 0.0912 e. The van der Waals surface area contributed by atoms with Crippen molar-refractivity contribution in [3.63, 3.8) is 0 Å². The Balaban J connectivity index is 4.31. The number of nitrogens with zero attached hydrogens (tertiary/aromatic N) is 2. The molecule has 1 unspecified atom stereocenters. The van der Waals surface area contributed by atoms with Crippen LogP contribution in [-0.4, -0.2) is 25.5 Å². The van der Waals surface area contributed by atoms with E-state index in [1.807, 2.05) is 18.2 Å². The van der Waals surface area contributed by atoms with Crippen LogP contribution in [0.1, 0.15) is 26.2 Å². The molecule has 1 atom stereocenters. The van der Waals surface area contributed by atoms with Gasteiger partial charge in [0.15, 0.2) is 0 Å². The van der Waals surface area contributed by atoms with Crippen LogP contribution in [0, 0.1) is 17.2 Å². The Morgan fingerprint density at radius 3 is 2.65 bits per heavy atom. The van der Waals surface area contributed by atoms with Gasteiger partial charge in [-0.2, -0.15) is 5.26 Å². The van der Waals surface area contributed by atoms with Crippen molar-refractivity contribution >= 4 is 0 Å². The molecule has 0 saturated carbocycles. The minimum Gasteiger partial charge on any atom is -0.309 e. The highest BCUT2D eigenvalue weighted by molar-refractivity contribution is 5.24. The van der Waals surface area contributed by atoms with Gasteiger partial charge in [-0.3, -0.25) is 0 Å². The molecule has 0 amide bonds. The van der Waals surface area contributed by atoms with Crippen LogP contribution in [0.25, 0.3) is 0 Å². The molecule has 0 spiro atoms. The fraction of sp³-hybridized carbons (Fsp3) is 0.533. The van der Waals surface area contributed by atoms with Gasteiger partial charge in [-0.15, -0.1) is 0 Å². The zero-order valence-corrected chi connectivity index (χ0v) is 11.3. The summed E-state index contributed by atoms with van der Waals surface area (Å²) in [5.74, 6) is 0.692. The molecule has 0 saturated heterocycles. The van der Waals surface area contributed by atoms with Gasteiger partial charge in [-0.05, 0) is 45.0 Å². The van der Waals surface area contributed by atoms with Gasteiger partial charge in [-0.1, -0.05) is 38.2 Å². The molecule has 0 aliphatic carbocycles. The van der Waals surface area contributed by atoms with Crippen molar-refractivity contribution in [3.05, 3.63) is 36.5 Å². The minimum atomic E-state index is 0.692. The summed E-state index contributed by atoms with van der Waals surface area (Å²) in [6.07, 6.45) is 10.6. The molecule has 0 bridgehead atoms. The van der Waals surface area contributed by atoms with Gasteiger partial charge in [0.05, 0.1) is 6.07 Å². The fourth-order valence-electron chi connectivity index (χ4n) is 1.66. The summed E-state index contributed by atoms with van der Waals surface area (Å²) in [6, 6.07) is 1.99. The van der Waals surface area contributed by atoms with E-state index in [1.165, 1.54) is 24.5 Å². The maximum absolute atomic E-state index is 8.43. The molecule has 0 rings (SSSR count). The average molecular weight is 232 g/mol. The summed E-state index contributed by atoms with van der Waals surface area (Å²) < 4.78 is 0. The van der Waals surface area contributed by atoms with Gasteiger partial charge < -0.3 is 4.90 Å². The molecular formula is C15H24N2. The highest BCUT2D eigenvalue weighted by Gasteiger charge is 2.07. The summed E-state index contributed by atoms with van der Waals surface area (Å²) >= 11 is 0. The molecule has 0 heterocycles. The topological polar surface area (TPSA) is 27.0 Å². The molecule has 0 aromatic rings. The Morgan fingerprint density at radius 2 is 2.18 bits per heavy atom. The van der Waals surface area contributed by atoms with Crippen LogP contribution >= 0.6 is 0 Å². The van der Waals surface area contributed by atoms with Crippen LogP contribution in [0.2, 0.25) is 0 Å². The number of rotatable bonds is 8. The Hall–Kier alpha value is -1.33. The zero-order valence-electron chi connectivity index (χ0n) is 11.3. The van der Waals surface area contributed by atoms with E-state index in [1.54, 1.807) is 6.08 Å². The first kappa shape index (κ1) is 15.7. The SMILES string of the molecule is C=C/C(=C\C=C\C#N)CC(CC)CCN(C)C. The third-order valence-electron chi connectivity index (χ3n) is 2.83. The number of allylic oxidation sites excluding steroid dienone is 5. The van der Waals surface area contributed by atoms with Crippen molar-refractivity contribution in [1.82, 2.24) is 4.90 Å². The molecule has 17 heavy (non-hydrogen) atoms. The molecule has 2 nitrogen and oxygen atoms in total. The lowest BCUT2D eigenvalue weighted by Gasteiger charge is -2.18. The number of hydrogen-bond donors (Lipinski definition) is 0. The van der Waals surface area contributed by atoms with E-state index in [0.29, 0.717) is 5.92 Å². The normalized spacial score (nSPS) is 13.9. The van der Waals surface area contributed by atoms with Crippen molar-refractivity contribution in [2.75, 3.05) is 20.6 Å². The second kappa shape index (κ2) is 9.86. The highest BCUT2D eigenvalue weighted by Crippen LogP contribution is 2.19. The van der Waals surface area contributed by atoms with E-state index in [2.05, 4.69) is 32.5 Å². The predicted octanol–water partition coefficient (Wildman–Crippen LogP) is 3.55. The van der Waals surface area contributed by atoms with Gasteiger partial charge in [0.2, 0.25) is 0 Å². The first-order valence-corrected chi connectivity index (χ1v) is 6.16. The summed E-state index contributed by atoms with van der Waals surface area (Å²) in [6.45, 7) is 7.18. The van der Waals surface area contributed by atoms with Crippen molar-refractivity contribution in [2.45, 2.75) is 26.2 Å². The van der Waals surface area contributed by atoms with Crippen LogP contribution in [0.4, 0.5) is 0 Å². The Kier molecular flexibility index (Phi) is 9.09.